The van der Waals surface area contributed by atoms with Crippen molar-refractivity contribution in [2.45, 2.75) is 13.5 Å². The van der Waals surface area contributed by atoms with E-state index in [4.69, 9.17) is 37.3 Å². The Balaban J connectivity index is 1.93. The number of halogens is 1. The molecule has 0 aromatic heterocycles. The number of carboxylic acids is 1. The standard InChI is InChI=1S/C27H28ClN5O6/c1-3-38-22-11-16(26(36)31-2)10-17(24(22)39-14-23(34)35)13-32-21-9-6-18(28)12-20(21)27(37)33-19-7-4-15(5-8-19)25(29)30/h4-12,32H,3,13-14H2,1-2H3,(H3,29,30)(H,31,36)(H,33,37)(H,34,35). The molecule has 204 valence electrons. The average Bonchev–Trinajstić information content (AvgIpc) is 2.91. The minimum Gasteiger partial charge on any atom is -0.490 e. The number of carboxylic acid groups (broad SMARTS) is 1. The minimum atomic E-state index is -1.18. The third kappa shape index (κ3) is 7.62. The monoisotopic (exact) mass is 553 g/mol. The Kier molecular flexibility index (Phi) is 9.71. The normalized spacial score (nSPS) is 10.3. The first-order valence-corrected chi connectivity index (χ1v) is 12.2. The molecule has 0 aliphatic rings. The van der Waals surface area contributed by atoms with Gasteiger partial charge in [-0.15, -0.1) is 0 Å². The summed E-state index contributed by atoms with van der Waals surface area (Å²) in [6.45, 7) is 1.43. The van der Waals surface area contributed by atoms with Gasteiger partial charge in [0.15, 0.2) is 18.1 Å². The largest absolute Gasteiger partial charge is 0.490 e. The fourth-order valence-electron chi connectivity index (χ4n) is 3.61. The number of benzene rings is 3. The van der Waals surface area contributed by atoms with Crippen LogP contribution in [0.25, 0.3) is 0 Å². The van der Waals surface area contributed by atoms with Crippen molar-refractivity contribution < 1.29 is 29.0 Å². The molecule has 3 aromatic rings. The number of ether oxygens (including phenoxy) is 2. The molecule has 2 amide bonds. The predicted molar refractivity (Wildman–Crippen MR) is 148 cm³/mol. The fourth-order valence-corrected chi connectivity index (χ4v) is 3.78. The number of anilines is 2. The molecular weight excluding hydrogens is 526 g/mol. The van der Waals surface area contributed by atoms with Crippen LogP contribution in [0, 0.1) is 5.41 Å². The molecule has 7 N–H and O–H groups in total. The number of amides is 2. The van der Waals surface area contributed by atoms with Gasteiger partial charge in [-0.3, -0.25) is 15.0 Å². The number of carbonyl (C=O) groups is 3. The lowest BCUT2D eigenvalue weighted by molar-refractivity contribution is -0.139. The van der Waals surface area contributed by atoms with Crippen LogP contribution in [0.1, 0.15) is 38.8 Å². The number of amidine groups is 1. The number of nitrogen functional groups attached to an aromatic ring is 1. The Hall–Kier alpha value is -4.77. The number of hydrogen-bond acceptors (Lipinski definition) is 7. The van der Waals surface area contributed by atoms with Crippen LogP contribution in [0.15, 0.2) is 54.6 Å². The van der Waals surface area contributed by atoms with Gasteiger partial charge in [-0.05, 0) is 61.5 Å². The Labute approximate surface area is 229 Å². The van der Waals surface area contributed by atoms with Crippen LogP contribution in [-0.4, -0.2) is 49.0 Å². The maximum absolute atomic E-state index is 13.1. The molecule has 3 rings (SSSR count). The van der Waals surface area contributed by atoms with Gasteiger partial charge in [0.05, 0.1) is 12.2 Å². The SMILES string of the molecule is CCOc1cc(C(=O)NC)cc(CNc2ccc(Cl)cc2C(=O)Nc2ccc(C(=N)N)cc2)c1OCC(=O)O. The molecule has 0 saturated carbocycles. The highest BCUT2D eigenvalue weighted by Gasteiger charge is 2.19. The number of nitrogens with two attached hydrogens (primary N) is 1. The second kappa shape index (κ2) is 13.2. The summed E-state index contributed by atoms with van der Waals surface area (Å²) in [7, 11) is 1.49. The smallest absolute Gasteiger partial charge is 0.341 e. The van der Waals surface area contributed by atoms with Gasteiger partial charge in [-0.1, -0.05) is 11.6 Å². The van der Waals surface area contributed by atoms with Gasteiger partial charge >= 0.3 is 5.97 Å². The molecule has 11 nitrogen and oxygen atoms in total. The second-order valence-electron chi connectivity index (χ2n) is 8.15. The molecular formula is C27H28ClN5O6. The number of nitrogens with one attached hydrogen (secondary N) is 4. The first-order valence-electron chi connectivity index (χ1n) is 11.8. The minimum absolute atomic E-state index is 0.0507. The molecule has 0 unspecified atom stereocenters. The first kappa shape index (κ1) is 28.8. The molecule has 12 heteroatoms. The van der Waals surface area contributed by atoms with Crippen LogP contribution in [0.3, 0.4) is 0 Å². The summed E-state index contributed by atoms with van der Waals surface area (Å²) in [5.41, 5.74) is 7.86. The number of carbonyl (C=O) groups excluding carboxylic acids is 2. The second-order valence-corrected chi connectivity index (χ2v) is 8.58. The molecule has 0 aliphatic heterocycles. The van der Waals surface area contributed by atoms with E-state index in [2.05, 4.69) is 16.0 Å². The van der Waals surface area contributed by atoms with Gasteiger partial charge in [0, 0.05) is 46.7 Å². The molecule has 0 aliphatic carbocycles. The predicted octanol–water partition coefficient (Wildman–Crippen LogP) is 3.71. The number of rotatable bonds is 12. The quantitative estimate of drug-likeness (QED) is 0.145. The molecule has 0 atom stereocenters. The van der Waals surface area contributed by atoms with Crippen molar-refractivity contribution in [2.24, 2.45) is 5.73 Å². The van der Waals surface area contributed by atoms with Gasteiger partial charge in [-0.2, -0.15) is 0 Å². The summed E-state index contributed by atoms with van der Waals surface area (Å²) < 4.78 is 11.2. The Morgan fingerprint density at radius 1 is 1.00 bits per heavy atom. The molecule has 0 radical (unpaired) electrons. The van der Waals surface area contributed by atoms with Crippen LogP contribution >= 0.6 is 11.6 Å². The number of aliphatic carboxylic acids is 1. The summed E-state index contributed by atoms with van der Waals surface area (Å²) in [4.78, 5) is 36.7. The van der Waals surface area contributed by atoms with E-state index in [1.165, 1.54) is 19.2 Å². The van der Waals surface area contributed by atoms with Gasteiger partial charge in [-0.25, -0.2) is 4.79 Å². The van der Waals surface area contributed by atoms with Crippen LogP contribution in [-0.2, 0) is 11.3 Å². The van der Waals surface area contributed by atoms with Crippen LogP contribution < -0.4 is 31.2 Å². The summed E-state index contributed by atoms with van der Waals surface area (Å²) >= 11 is 6.18. The van der Waals surface area contributed by atoms with Crippen molar-refractivity contribution in [3.63, 3.8) is 0 Å². The Bertz CT molecular complexity index is 1390. The lowest BCUT2D eigenvalue weighted by atomic mass is 10.1. The molecule has 3 aromatic carbocycles. The summed E-state index contributed by atoms with van der Waals surface area (Å²) in [6, 6.07) is 14.2. The highest BCUT2D eigenvalue weighted by molar-refractivity contribution is 6.31. The van der Waals surface area contributed by atoms with Crippen LogP contribution in [0.2, 0.25) is 5.02 Å². The van der Waals surface area contributed by atoms with E-state index in [9.17, 15) is 14.4 Å². The van der Waals surface area contributed by atoms with Crippen molar-refractivity contribution in [1.29, 1.82) is 5.41 Å². The van der Waals surface area contributed by atoms with E-state index in [0.29, 0.717) is 27.5 Å². The lowest BCUT2D eigenvalue weighted by Gasteiger charge is -2.18. The summed E-state index contributed by atoms with van der Waals surface area (Å²) in [6.07, 6.45) is 0. The van der Waals surface area contributed by atoms with Gasteiger partial charge < -0.3 is 36.3 Å². The topological polar surface area (TPSA) is 176 Å². The van der Waals surface area contributed by atoms with E-state index in [0.717, 1.165) is 0 Å². The Morgan fingerprint density at radius 3 is 2.33 bits per heavy atom. The van der Waals surface area contributed by atoms with Gasteiger partial charge in [0.25, 0.3) is 11.8 Å². The van der Waals surface area contributed by atoms with Gasteiger partial charge in [0.1, 0.15) is 5.84 Å². The Morgan fingerprint density at radius 2 is 1.72 bits per heavy atom. The third-order valence-corrected chi connectivity index (χ3v) is 5.65. The van der Waals surface area contributed by atoms with Crippen molar-refractivity contribution in [2.75, 3.05) is 30.9 Å². The van der Waals surface area contributed by atoms with Crippen molar-refractivity contribution >= 4 is 46.6 Å². The highest BCUT2D eigenvalue weighted by Crippen LogP contribution is 2.34. The molecule has 0 saturated heterocycles. The van der Waals surface area contributed by atoms with Crippen LogP contribution in [0.4, 0.5) is 11.4 Å². The molecule has 0 heterocycles. The van der Waals surface area contributed by atoms with Crippen molar-refractivity contribution in [1.82, 2.24) is 5.32 Å². The van der Waals surface area contributed by atoms with Crippen molar-refractivity contribution in [3.05, 3.63) is 81.9 Å². The van der Waals surface area contributed by atoms with E-state index in [1.54, 1.807) is 49.4 Å². The first-order chi connectivity index (χ1) is 18.6. The molecule has 39 heavy (non-hydrogen) atoms. The molecule has 0 spiro atoms. The summed E-state index contributed by atoms with van der Waals surface area (Å²) in [5, 5.41) is 25.5. The highest BCUT2D eigenvalue weighted by atomic mass is 35.5. The molecule has 0 bridgehead atoms. The van der Waals surface area contributed by atoms with E-state index < -0.39 is 18.5 Å². The maximum Gasteiger partial charge on any atom is 0.341 e. The van der Waals surface area contributed by atoms with Crippen molar-refractivity contribution in [3.8, 4) is 11.5 Å². The molecule has 0 fully saturated rings. The zero-order valence-corrected chi connectivity index (χ0v) is 22.0. The fraction of sp³-hybridized carbons (Fsp3) is 0.185. The number of hydrogen-bond donors (Lipinski definition) is 6. The summed E-state index contributed by atoms with van der Waals surface area (Å²) in [5.74, 6) is -1.73. The van der Waals surface area contributed by atoms with E-state index >= 15 is 0 Å². The van der Waals surface area contributed by atoms with E-state index in [-0.39, 0.29) is 47.5 Å². The maximum atomic E-state index is 13.1. The average molecular weight is 554 g/mol. The third-order valence-electron chi connectivity index (χ3n) is 5.41. The van der Waals surface area contributed by atoms with E-state index in [1.807, 2.05) is 0 Å². The van der Waals surface area contributed by atoms with Gasteiger partial charge in [0.2, 0.25) is 0 Å². The zero-order valence-electron chi connectivity index (χ0n) is 21.3. The van der Waals surface area contributed by atoms with Crippen LogP contribution in [0.5, 0.6) is 11.5 Å². The lowest BCUT2D eigenvalue weighted by Crippen LogP contribution is -2.20. The zero-order chi connectivity index (χ0) is 28.5.